The summed E-state index contributed by atoms with van der Waals surface area (Å²) in [7, 11) is 0. The normalized spacial score (nSPS) is 11.6. The molecule has 0 atom stereocenters. The number of nitrogens with zero attached hydrogens (tertiary/aromatic N) is 4. The van der Waals surface area contributed by atoms with Crippen LogP contribution in [0.25, 0.3) is 22.5 Å². The Hall–Kier alpha value is -2.49. The zero-order valence-electron chi connectivity index (χ0n) is 13.4. The molecule has 22 heavy (non-hydrogen) atoms. The van der Waals surface area contributed by atoms with Crippen molar-refractivity contribution >= 4 is 0 Å². The maximum Gasteiger partial charge on any atom is 0.205 e. The van der Waals surface area contributed by atoms with E-state index in [1.54, 1.807) is 4.80 Å². The summed E-state index contributed by atoms with van der Waals surface area (Å²) in [6.07, 6.45) is 0. The third-order valence-corrected chi connectivity index (χ3v) is 3.54. The summed E-state index contributed by atoms with van der Waals surface area (Å²) in [5, 5.41) is 13.0. The Morgan fingerprint density at radius 2 is 1.50 bits per heavy atom. The fraction of sp³-hybridized carbons (Fsp3) is 0.278. The standard InChI is InChI=1S/C18H20N4/c1-13-9-11-14(12-10-13)15-7-5-6-8-16(15)17-19-21-22(20-17)18(2,3)4/h5-12H,1-4H3. The molecule has 0 aliphatic rings. The van der Waals surface area contributed by atoms with Gasteiger partial charge < -0.3 is 0 Å². The van der Waals surface area contributed by atoms with Crippen LogP contribution in [0.1, 0.15) is 26.3 Å². The number of tetrazole rings is 1. The molecule has 0 aliphatic heterocycles. The average molecular weight is 292 g/mol. The first-order valence-electron chi connectivity index (χ1n) is 7.42. The lowest BCUT2D eigenvalue weighted by Crippen LogP contribution is -2.24. The molecule has 0 radical (unpaired) electrons. The Bertz CT molecular complexity index is 779. The highest BCUT2D eigenvalue weighted by molar-refractivity contribution is 5.80. The summed E-state index contributed by atoms with van der Waals surface area (Å²) in [6, 6.07) is 16.7. The van der Waals surface area contributed by atoms with E-state index in [2.05, 4.69) is 73.4 Å². The molecule has 3 aromatic rings. The van der Waals surface area contributed by atoms with E-state index in [0.29, 0.717) is 5.82 Å². The van der Waals surface area contributed by atoms with E-state index in [1.807, 2.05) is 18.2 Å². The first-order chi connectivity index (χ1) is 10.4. The fourth-order valence-corrected chi connectivity index (χ4v) is 2.27. The predicted octanol–water partition coefficient (Wildman–Crippen LogP) is 4.07. The van der Waals surface area contributed by atoms with E-state index in [4.69, 9.17) is 0 Å². The van der Waals surface area contributed by atoms with E-state index in [1.165, 1.54) is 5.56 Å². The zero-order chi connectivity index (χ0) is 15.7. The van der Waals surface area contributed by atoms with Gasteiger partial charge in [-0.3, -0.25) is 0 Å². The molecule has 1 heterocycles. The molecule has 4 heteroatoms. The summed E-state index contributed by atoms with van der Waals surface area (Å²) in [4.78, 5) is 1.66. The van der Waals surface area contributed by atoms with E-state index >= 15 is 0 Å². The van der Waals surface area contributed by atoms with Crippen LogP contribution in [0.3, 0.4) is 0 Å². The summed E-state index contributed by atoms with van der Waals surface area (Å²) in [5.41, 5.74) is 4.36. The van der Waals surface area contributed by atoms with E-state index in [-0.39, 0.29) is 5.54 Å². The SMILES string of the molecule is Cc1ccc(-c2ccccc2-c2nnn(C(C)(C)C)n2)cc1. The van der Waals surface area contributed by atoms with Gasteiger partial charge in [0.2, 0.25) is 5.82 Å². The van der Waals surface area contributed by atoms with Gasteiger partial charge in [-0.05, 0) is 44.0 Å². The first-order valence-corrected chi connectivity index (χ1v) is 7.42. The topological polar surface area (TPSA) is 43.6 Å². The Morgan fingerprint density at radius 3 is 2.09 bits per heavy atom. The largest absolute Gasteiger partial charge is 0.205 e. The first kappa shape index (κ1) is 14.4. The third-order valence-electron chi connectivity index (χ3n) is 3.54. The van der Waals surface area contributed by atoms with Crippen LogP contribution in [-0.2, 0) is 5.54 Å². The Morgan fingerprint density at radius 1 is 0.864 bits per heavy atom. The second-order valence-electron chi connectivity index (χ2n) is 6.48. The second-order valence-corrected chi connectivity index (χ2v) is 6.48. The molecule has 0 N–H and O–H groups in total. The summed E-state index contributed by atoms with van der Waals surface area (Å²) >= 11 is 0. The van der Waals surface area contributed by atoms with Crippen LogP contribution in [-0.4, -0.2) is 20.2 Å². The van der Waals surface area contributed by atoms with E-state index in [0.717, 1.165) is 16.7 Å². The Labute approximate surface area is 130 Å². The molecule has 0 bridgehead atoms. The fourth-order valence-electron chi connectivity index (χ4n) is 2.27. The van der Waals surface area contributed by atoms with Crippen molar-refractivity contribution in [3.05, 3.63) is 54.1 Å². The maximum atomic E-state index is 4.55. The molecule has 0 unspecified atom stereocenters. The van der Waals surface area contributed by atoms with Crippen molar-refractivity contribution in [3.63, 3.8) is 0 Å². The molecule has 112 valence electrons. The molecular formula is C18H20N4. The van der Waals surface area contributed by atoms with Gasteiger partial charge in [0, 0.05) is 5.56 Å². The number of hydrogen-bond donors (Lipinski definition) is 0. The van der Waals surface area contributed by atoms with Crippen LogP contribution in [0.15, 0.2) is 48.5 Å². The van der Waals surface area contributed by atoms with Gasteiger partial charge >= 0.3 is 0 Å². The van der Waals surface area contributed by atoms with Crippen LogP contribution in [0.5, 0.6) is 0 Å². The number of hydrogen-bond acceptors (Lipinski definition) is 3. The van der Waals surface area contributed by atoms with Gasteiger partial charge in [-0.15, -0.1) is 10.2 Å². The van der Waals surface area contributed by atoms with Crippen molar-refractivity contribution in [1.82, 2.24) is 20.2 Å². The summed E-state index contributed by atoms with van der Waals surface area (Å²) < 4.78 is 0. The summed E-state index contributed by atoms with van der Waals surface area (Å²) in [6.45, 7) is 8.27. The quantitative estimate of drug-likeness (QED) is 0.715. The molecular weight excluding hydrogens is 272 g/mol. The molecule has 0 aliphatic carbocycles. The molecule has 2 aromatic carbocycles. The number of aryl methyl sites for hydroxylation is 1. The minimum absolute atomic E-state index is 0.177. The van der Waals surface area contributed by atoms with Crippen LogP contribution in [0.2, 0.25) is 0 Å². The predicted molar refractivity (Wildman–Crippen MR) is 88.4 cm³/mol. The number of rotatable bonds is 2. The highest BCUT2D eigenvalue weighted by Crippen LogP contribution is 2.30. The number of aromatic nitrogens is 4. The van der Waals surface area contributed by atoms with Crippen molar-refractivity contribution in [2.24, 2.45) is 0 Å². The minimum Gasteiger partial charge on any atom is -0.158 e. The molecule has 1 aromatic heterocycles. The van der Waals surface area contributed by atoms with Crippen LogP contribution >= 0.6 is 0 Å². The lowest BCUT2D eigenvalue weighted by Gasteiger charge is -2.15. The summed E-state index contributed by atoms with van der Waals surface area (Å²) in [5.74, 6) is 0.658. The van der Waals surface area contributed by atoms with Gasteiger partial charge in [0.15, 0.2) is 0 Å². The minimum atomic E-state index is -0.177. The van der Waals surface area contributed by atoms with Crippen molar-refractivity contribution in [1.29, 1.82) is 0 Å². The van der Waals surface area contributed by atoms with Crippen molar-refractivity contribution in [3.8, 4) is 22.5 Å². The van der Waals surface area contributed by atoms with Gasteiger partial charge in [-0.1, -0.05) is 54.1 Å². The van der Waals surface area contributed by atoms with Crippen LogP contribution in [0, 0.1) is 6.92 Å². The molecule has 0 saturated carbocycles. The third kappa shape index (κ3) is 2.77. The highest BCUT2D eigenvalue weighted by atomic mass is 15.6. The van der Waals surface area contributed by atoms with Gasteiger partial charge in [0.05, 0.1) is 5.54 Å². The molecule has 0 fully saturated rings. The molecule has 0 spiro atoms. The molecule has 0 amide bonds. The highest BCUT2D eigenvalue weighted by Gasteiger charge is 2.19. The maximum absolute atomic E-state index is 4.55. The molecule has 4 nitrogen and oxygen atoms in total. The second kappa shape index (κ2) is 5.37. The lowest BCUT2D eigenvalue weighted by atomic mass is 9.98. The molecule has 0 saturated heterocycles. The van der Waals surface area contributed by atoms with Gasteiger partial charge in [0.1, 0.15) is 0 Å². The van der Waals surface area contributed by atoms with Gasteiger partial charge in [-0.25, -0.2) is 0 Å². The monoisotopic (exact) mass is 292 g/mol. The molecule has 3 rings (SSSR count). The Balaban J connectivity index is 2.09. The van der Waals surface area contributed by atoms with Crippen LogP contribution < -0.4 is 0 Å². The Kier molecular flexibility index (Phi) is 3.53. The lowest BCUT2D eigenvalue weighted by molar-refractivity contribution is 0.306. The average Bonchev–Trinajstić information content (AvgIpc) is 2.98. The van der Waals surface area contributed by atoms with Gasteiger partial charge in [0.25, 0.3) is 0 Å². The van der Waals surface area contributed by atoms with Crippen molar-refractivity contribution in [2.75, 3.05) is 0 Å². The zero-order valence-corrected chi connectivity index (χ0v) is 13.4. The smallest absolute Gasteiger partial charge is 0.158 e. The number of benzene rings is 2. The van der Waals surface area contributed by atoms with Crippen molar-refractivity contribution in [2.45, 2.75) is 33.2 Å². The van der Waals surface area contributed by atoms with E-state index in [9.17, 15) is 0 Å². The van der Waals surface area contributed by atoms with E-state index < -0.39 is 0 Å². The van der Waals surface area contributed by atoms with Crippen LogP contribution in [0.4, 0.5) is 0 Å². The van der Waals surface area contributed by atoms with Crippen molar-refractivity contribution < 1.29 is 0 Å². The van der Waals surface area contributed by atoms with Gasteiger partial charge in [-0.2, -0.15) is 4.80 Å².